The highest BCUT2D eigenvalue weighted by Gasteiger charge is 2.14. The van der Waals surface area contributed by atoms with Gasteiger partial charge in [-0.2, -0.15) is 0 Å². The van der Waals surface area contributed by atoms with Crippen molar-refractivity contribution in [2.24, 2.45) is 7.05 Å². The highest BCUT2D eigenvalue weighted by atomic mass is 32.2. The number of hydrogen-bond donors (Lipinski definition) is 1. The van der Waals surface area contributed by atoms with Gasteiger partial charge in [0.25, 0.3) is 0 Å². The second kappa shape index (κ2) is 7.31. The maximum Gasteiger partial charge on any atom is 0.234 e. The minimum atomic E-state index is -0.0629. The predicted octanol–water partition coefficient (Wildman–Crippen LogP) is 4.43. The van der Waals surface area contributed by atoms with Crippen LogP contribution in [0, 0.1) is 0 Å². The second-order valence-corrected chi connectivity index (χ2v) is 7.60. The minimum absolute atomic E-state index is 0.0629. The first-order valence-corrected chi connectivity index (χ1v) is 9.92. The van der Waals surface area contributed by atoms with E-state index in [1.165, 1.54) is 11.8 Å². The number of benzene rings is 2. The van der Waals surface area contributed by atoms with E-state index in [0.717, 1.165) is 32.3 Å². The van der Waals surface area contributed by atoms with Gasteiger partial charge in [0.15, 0.2) is 11.0 Å². The van der Waals surface area contributed by atoms with Crippen molar-refractivity contribution in [3.63, 3.8) is 0 Å². The number of amides is 1. The molecule has 130 valence electrons. The summed E-state index contributed by atoms with van der Waals surface area (Å²) >= 11 is 3.00. The standard InChI is InChI=1S/C19H16N4OS2/c1-23-18(16-10-5-11-25-16)21-22-19(23)26-12-17(24)20-15-9-4-7-13-6-2-3-8-14(13)15/h2-11H,12H2,1H3,(H,20,24). The molecule has 2 heterocycles. The summed E-state index contributed by atoms with van der Waals surface area (Å²) in [6, 6.07) is 17.9. The third-order valence-electron chi connectivity index (χ3n) is 3.97. The topological polar surface area (TPSA) is 59.8 Å². The summed E-state index contributed by atoms with van der Waals surface area (Å²) in [5.74, 6) is 1.03. The minimum Gasteiger partial charge on any atom is -0.325 e. The van der Waals surface area contributed by atoms with Gasteiger partial charge in [0.1, 0.15) is 0 Å². The van der Waals surface area contributed by atoms with Crippen LogP contribution in [0.4, 0.5) is 5.69 Å². The van der Waals surface area contributed by atoms with E-state index in [1.807, 2.05) is 71.6 Å². The van der Waals surface area contributed by atoms with Crippen LogP contribution in [0.15, 0.2) is 65.1 Å². The van der Waals surface area contributed by atoms with E-state index in [1.54, 1.807) is 11.3 Å². The highest BCUT2D eigenvalue weighted by molar-refractivity contribution is 7.99. The van der Waals surface area contributed by atoms with E-state index < -0.39 is 0 Å². The Morgan fingerprint density at radius 3 is 2.81 bits per heavy atom. The molecule has 4 rings (SSSR count). The van der Waals surface area contributed by atoms with Crippen LogP contribution < -0.4 is 5.32 Å². The molecule has 26 heavy (non-hydrogen) atoms. The summed E-state index contributed by atoms with van der Waals surface area (Å²) in [6.45, 7) is 0. The highest BCUT2D eigenvalue weighted by Crippen LogP contribution is 2.27. The van der Waals surface area contributed by atoms with E-state index in [9.17, 15) is 4.79 Å². The van der Waals surface area contributed by atoms with Crippen molar-refractivity contribution >= 4 is 45.5 Å². The molecule has 0 radical (unpaired) electrons. The summed E-state index contributed by atoms with van der Waals surface area (Å²) in [4.78, 5) is 13.5. The lowest BCUT2D eigenvalue weighted by Crippen LogP contribution is -2.14. The van der Waals surface area contributed by atoms with Gasteiger partial charge < -0.3 is 9.88 Å². The van der Waals surface area contributed by atoms with E-state index >= 15 is 0 Å². The number of anilines is 1. The number of carbonyl (C=O) groups excluding carboxylic acids is 1. The second-order valence-electron chi connectivity index (χ2n) is 5.71. The average molecular weight is 380 g/mol. The van der Waals surface area contributed by atoms with Crippen molar-refractivity contribution in [1.29, 1.82) is 0 Å². The van der Waals surface area contributed by atoms with E-state index in [2.05, 4.69) is 15.5 Å². The SMILES string of the molecule is Cn1c(SCC(=O)Nc2cccc3ccccc23)nnc1-c1cccs1. The smallest absolute Gasteiger partial charge is 0.234 e. The number of hydrogen-bond acceptors (Lipinski definition) is 5. The van der Waals surface area contributed by atoms with Gasteiger partial charge in [0.2, 0.25) is 5.91 Å². The van der Waals surface area contributed by atoms with E-state index in [0.29, 0.717) is 0 Å². The molecule has 0 atom stereocenters. The molecule has 4 aromatic rings. The van der Waals surface area contributed by atoms with E-state index in [4.69, 9.17) is 0 Å². The first-order chi connectivity index (χ1) is 12.7. The number of fused-ring (bicyclic) bond motifs is 1. The van der Waals surface area contributed by atoms with Gasteiger partial charge in [0.05, 0.1) is 10.6 Å². The Morgan fingerprint density at radius 1 is 1.12 bits per heavy atom. The fraction of sp³-hybridized carbons (Fsp3) is 0.105. The van der Waals surface area contributed by atoms with Gasteiger partial charge in [-0.1, -0.05) is 54.2 Å². The summed E-state index contributed by atoms with van der Waals surface area (Å²) in [5, 5.41) is 16.3. The van der Waals surface area contributed by atoms with Crippen molar-refractivity contribution in [3.05, 3.63) is 60.0 Å². The van der Waals surface area contributed by atoms with Crippen molar-refractivity contribution < 1.29 is 4.79 Å². The van der Waals surface area contributed by atoms with Crippen LogP contribution in [0.5, 0.6) is 0 Å². The zero-order valence-electron chi connectivity index (χ0n) is 14.0. The number of thiophene rings is 1. The molecule has 0 unspecified atom stereocenters. The predicted molar refractivity (Wildman–Crippen MR) is 108 cm³/mol. The number of carbonyl (C=O) groups is 1. The van der Waals surface area contributed by atoms with Gasteiger partial charge in [-0.15, -0.1) is 21.5 Å². The summed E-state index contributed by atoms with van der Waals surface area (Å²) in [6.07, 6.45) is 0. The zero-order valence-corrected chi connectivity index (χ0v) is 15.7. The Kier molecular flexibility index (Phi) is 4.73. The van der Waals surface area contributed by atoms with Gasteiger partial charge in [-0.25, -0.2) is 0 Å². The molecule has 1 amide bonds. The quantitative estimate of drug-likeness (QED) is 0.521. The van der Waals surface area contributed by atoms with Crippen LogP contribution >= 0.6 is 23.1 Å². The Labute approximate surface area is 159 Å². The molecule has 2 aromatic carbocycles. The number of nitrogens with one attached hydrogen (secondary N) is 1. The third kappa shape index (κ3) is 3.36. The molecule has 0 aliphatic heterocycles. The first-order valence-electron chi connectivity index (χ1n) is 8.06. The molecular weight excluding hydrogens is 364 g/mol. The fourth-order valence-electron chi connectivity index (χ4n) is 2.71. The zero-order chi connectivity index (χ0) is 17.9. The maximum atomic E-state index is 12.4. The number of rotatable bonds is 5. The largest absolute Gasteiger partial charge is 0.325 e. The molecule has 0 aliphatic rings. The van der Waals surface area contributed by atoms with Crippen molar-refractivity contribution in [1.82, 2.24) is 14.8 Å². The van der Waals surface area contributed by atoms with Crippen molar-refractivity contribution in [2.45, 2.75) is 5.16 Å². The lowest BCUT2D eigenvalue weighted by atomic mass is 10.1. The molecule has 0 bridgehead atoms. The molecule has 5 nitrogen and oxygen atoms in total. The molecule has 0 spiro atoms. The molecule has 7 heteroatoms. The number of aromatic nitrogens is 3. The van der Waals surface area contributed by atoms with Crippen LogP contribution in [0.25, 0.3) is 21.5 Å². The molecule has 0 saturated heterocycles. The molecule has 0 fully saturated rings. The van der Waals surface area contributed by atoms with Crippen molar-refractivity contribution in [2.75, 3.05) is 11.1 Å². The van der Waals surface area contributed by atoms with Crippen LogP contribution in [-0.4, -0.2) is 26.4 Å². The number of thioether (sulfide) groups is 1. The Bertz CT molecular complexity index is 1050. The molecule has 0 aliphatic carbocycles. The van der Waals surface area contributed by atoms with Crippen LogP contribution in [0.3, 0.4) is 0 Å². The van der Waals surface area contributed by atoms with Gasteiger partial charge in [-0.3, -0.25) is 4.79 Å². The fourth-order valence-corrected chi connectivity index (χ4v) is 4.17. The van der Waals surface area contributed by atoms with Gasteiger partial charge >= 0.3 is 0 Å². The normalized spacial score (nSPS) is 11.0. The molecule has 0 saturated carbocycles. The third-order valence-corrected chi connectivity index (χ3v) is 5.86. The maximum absolute atomic E-state index is 12.4. The average Bonchev–Trinajstić information content (AvgIpc) is 3.30. The van der Waals surface area contributed by atoms with Gasteiger partial charge in [-0.05, 0) is 22.9 Å². The molecule has 2 aromatic heterocycles. The first kappa shape index (κ1) is 16.8. The van der Waals surface area contributed by atoms with E-state index in [-0.39, 0.29) is 11.7 Å². The molecule has 1 N–H and O–H groups in total. The summed E-state index contributed by atoms with van der Waals surface area (Å²) in [5.41, 5.74) is 0.825. The Morgan fingerprint density at radius 2 is 1.96 bits per heavy atom. The van der Waals surface area contributed by atoms with Crippen LogP contribution in [-0.2, 0) is 11.8 Å². The molecular formula is C19H16N4OS2. The van der Waals surface area contributed by atoms with Crippen molar-refractivity contribution in [3.8, 4) is 10.7 Å². The van der Waals surface area contributed by atoms with Crippen LogP contribution in [0.2, 0.25) is 0 Å². The number of nitrogens with zero attached hydrogens (tertiary/aromatic N) is 3. The van der Waals surface area contributed by atoms with Gasteiger partial charge in [0, 0.05) is 18.1 Å². The lowest BCUT2D eigenvalue weighted by molar-refractivity contribution is -0.113. The summed E-state index contributed by atoms with van der Waals surface area (Å²) < 4.78 is 1.92. The summed E-state index contributed by atoms with van der Waals surface area (Å²) in [7, 11) is 1.92. The Hall–Kier alpha value is -2.64. The lowest BCUT2D eigenvalue weighted by Gasteiger charge is -2.08. The Balaban J connectivity index is 1.45. The monoisotopic (exact) mass is 380 g/mol. The van der Waals surface area contributed by atoms with Crippen LogP contribution in [0.1, 0.15) is 0 Å².